The molecule has 0 spiro atoms. The minimum atomic E-state index is -0.131. The number of nitrogen functional groups attached to an aromatic ring is 1. The molecule has 2 heterocycles. The topological polar surface area (TPSA) is 99.0 Å². The molecule has 3 N–H and O–H groups in total. The van der Waals surface area contributed by atoms with Gasteiger partial charge in [0.05, 0.1) is 12.0 Å². The van der Waals surface area contributed by atoms with Gasteiger partial charge < -0.3 is 15.6 Å². The zero-order valence-electron chi connectivity index (χ0n) is 14.7. The Morgan fingerprint density at radius 2 is 2.08 bits per heavy atom. The second-order valence-corrected chi connectivity index (χ2v) is 6.86. The minimum absolute atomic E-state index is 0.131. The molecule has 0 aliphatic carbocycles. The Balaban J connectivity index is 1.56. The second kappa shape index (κ2) is 8.09. The number of hydrogen-bond acceptors (Lipinski definition) is 6. The lowest BCUT2D eigenvalue weighted by molar-refractivity contribution is -0.113. The molecule has 26 heavy (non-hydrogen) atoms. The predicted octanol–water partition coefficient (Wildman–Crippen LogP) is 3.50. The number of nitrogens with one attached hydrogen (secondary N) is 1. The largest absolute Gasteiger partial charge is 0.461 e. The maximum Gasteiger partial charge on any atom is 0.234 e. The molecule has 0 saturated heterocycles. The number of anilines is 1. The standard InChI is InChI=1S/C18H21N5O2S/c1-3-12(2)13-6-8-14(9-7-13)20-16(24)11-26-18-22-21-17(23(18)19)15-5-4-10-25-15/h4-10,12H,3,11,19H2,1-2H3,(H,20,24). The van der Waals surface area contributed by atoms with Gasteiger partial charge in [-0.2, -0.15) is 0 Å². The van der Waals surface area contributed by atoms with Gasteiger partial charge in [0.1, 0.15) is 0 Å². The van der Waals surface area contributed by atoms with Crippen LogP contribution in [0.2, 0.25) is 0 Å². The van der Waals surface area contributed by atoms with Crippen molar-refractivity contribution in [3.05, 3.63) is 48.2 Å². The Bertz CT molecular complexity index is 858. The zero-order valence-corrected chi connectivity index (χ0v) is 15.5. The highest BCUT2D eigenvalue weighted by Gasteiger charge is 2.15. The van der Waals surface area contributed by atoms with Crippen molar-refractivity contribution in [3.8, 4) is 11.6 Å². The molecule has 7 nitrogen and oxygen atoms in total. The molecule has 1 aromatic carbocycles. The van der Waals surface area contributed by atoms with Crippen LogP contribution in [0.5, 0.6) is 0 Å². The number of rotatable bonds is 7. The molecule has 3 aromatic rings. The first-order valence-electron chi connectivity index (χ1n) is 8.35. The number of nitrogens with two attached hydrogens (primary N) is 1. The van der Waals surface area contributed by atoms with Gasteiger partial charge in [0.2, 0.25) is 16.9 Å². The third-order valence-electron chi connectivity index (χ3n) is 4.11. The molecule has 0 aliphatic heterocycles. The molecule has 136 valence electrons. The van der Waals surface area contributed by atoms with E-state index in [0.29, 0.717) is 22.7 Å². The molecule has 1 unspecified atom stereocenters. The summed E-state index contributed by atoms with van der Waals surface area (Å²) in [5, 5.41) is 11.3. The first kappa shape index (κ1) is 18.1. The SMILES string of the molecule is CCC(C)c1ccc(NC(=O)CSc2nnc(-c3ccco3)n2N)cc1. The van der Waals surface area contributed by atoms with Gasteiger partial charge in [0.25, 0.3) is 0 Å². The van der Waals surface area contributed by atoms with Crippen LogP contribution in [0.3, 0.4) is 0 Å². The van der Waals surface area contributed by atoms with E-state index in [1.165, 1.54) is 28.3 Å². The summed E-state index contributed by atoms with van der Waals surface area (Å²) in [6, 6.07) is 11.4. The van der Waals surface area contributed by atoms with Gasteiger partial charge in [0.15, 0.2) is 5.76 Å². The first-order chi connectivity index (χ1) is 12.6. The summed E-state index contributed by atoms with van der Waals surface area (Å²) >= 11 is 1.21. The van der Waals surface area contributed by atoms with Crippen molar-refractivity contribution in [2.45, 2.75) is 31.3 Å². The molecule has 1 amide bonds. The lowest BCUT2D eigenvalue weighted by Crippen LogP contribution is -2.16. The number of thioether (sulfide) groups is 1. The van der Waals surface area contributed by atoms with Crippen molar-refractivity contribution in [2.75, 3.05) is 16.9 Å². The maximum absolute atomic E-state index is 12.2. The average molecular weight is 371 g/mol. The molecule has 3 rings (SSSR count). The van der Waals surface area contributed by atoms with Crippen molar-refractivity contribution in [1.29, 1.82) is 0 Å². The van der Waals surface area contributed by atoms with Crippen LogP contribution in [0, 0.1) is 0 Å². The average Bonchev–Trinajstić information content (AvgIpc) is 3.29. The summed E-state index contributed by atoms with van der Waals surface area (Å²) in [6.07, 6.45) is 2.62. The van der Waals surface area contributed by atoms with Crippen molar-refractivity contribution in [3.63, 3.8) is 0 Å². The highest BCUT2D eigenvalue weighted by Crippen LogP contribution is 2.23. The van der Waals surface area contributed by atoms with Gasteiger partial charge in [-0.15, -0.1) is 10.2 Å². The molecule has 0 radical (unpaired) electrons. The minimum Gasteiger partial charge on any atom is -0.461 e. The molecule has 0 fully saturated rings. The Morgan fingerprint density at radius 1 is 1.31 bits per heavy atom. The van der Waals surface area contributed by atoms with E-state index in [4.69, 9.17) is 10.3 Å². The predicted molar refractivity (Wildman–Crippen MR) is 102 cm³/mol. The number of carbonyl (C=O) groups is 1. The highest BCUT2D eigenvalue weighted by molar-refractivity contribution is 7.99. The monoisotopic (exact) mass is 371 g/mol. The normalized spacial score (nSPS) is 12.1. The van der Waals surface area contributed by atoms with E-state index in [0.717, 1.165) is 12.1 Å². The van der Waals surface area contributed by atoms with Crippen LogP contribution in [0.1, 0.15) is 31.7 Å². The molecule has 1 atom stereocenters. The van der Waals surface area contributed by atoms with E-state index in [1.807, 2.05) is 24.3 Å². The smallest absolute Gasteiger partial charge is 0.234 e. The van der Waals surface area contributed by atoms with Crippen LogP contribution in [0.4, 0.5) is 5.69 Å². The van der Waals surface area contributed by atoms with Crippen LogP contribution in [-0.4, -0.2) is 26.5 Å². The Kier molecular flexibility index (Phi) is 5.62. The number of benzene rings is 1. The van der Waals surface area contributed by atoms with Crippen molar-refractivity contribution < 1.29 is 9.21 Å². The van der Waals surface area contributed by atoms with Crippen LogP contribution < -0.4 is 11.2 Å². The van der Waals surface area contributed by atoms with E-state index < -0.39 is 0 Å². The van der Waals surface area contributed by atoms with Crippen molar-refractivity contribution in [1.82, 2.24) is 14.9 Å². The van der Waals surface area contributed by atoms with Crippen molar-refractivity contribution >= 4 is 23.4 Å². The molecule has 2 aromatic heterocycles. The summed E-state index contributed by atoms with van der Waals surface area (Å²) in [5.41, 5.74) is 2.04. The number of aromatic nitrogens is 3. The van der Waals surface area contributed by atoms with Gasteiger partial charge in [0, 0.05) is 5.69 Å². The van der Waals surface area contributed by atoms with Crippen LogP contribution in [0.15, 0.2) is 52.2 Å². The number of amides is 1. The van der Waals surface area contributed by atoms with Gasteiger partial charge in [-0.05, 0) is 42.2 Å². The van der Waals surface area contributed by atoms with Gasteiger partial charge >= 0.3 is 0 Å². The fourth-order valence-electron chi connectivity index (χ4n) is 2.41. The Labute approximate surface area is 156 Å². The van der Waals surface area contributed by atoms with E-state index in [1.54, 1.807) is 12.1 Å². The third kappa shape index (κ3) is 4.08. The number of hydrogen-bond donors (Lipinski definition) is 2. The summed E-state index contributed by atoms with van der Waals surface area (Å²) in [6.45, 7) is 4.34. The second-order valence-electron chi connectivity index (χ2n) is 5.92. The van der Waals surface area contributed by atoms with Gasteiger partial charge in [-0.1, -0.05) is 37.7 Å². The molecule has 0 saturated carbocycles. The van der Waals surface area contributed by atoms with Crippen LogP contribution >= 0.6 is 11.8 Å². The number of carbonyl (C=O) groups excluding carboxylic acids is 1. The van der Waals surface area contributed by atoms with E-state index in [2.05, 4.69) is 29.4 Å². The summed E-state index contributed by atoms with van der Waals surface area (Å²) in [4.78, 5) is 12.2. The maximum atomic E-state index is 12.2. The number of nitrogens with zero attached hydrogens (tertiary/aromatic N) is 3. The number of furan rings is 1. The Hall–Kier alpha value is -2.74. The van der Waals surface area contributed by atoms with E-state index in [-0.39, 0.29) is 11.7 Å². The first-order valence-corrected chi connectivity index (χ1v) is 9.34. The fourth-order valence-corrected chi connectivity index (χ4v) is 3.06. The van der Waals surface area contributed by atoms with Gasteiger partial charge in [-0.25, -0.2) is 4.68 Å². The molecule has 0 aliphatic rings. The fraction of sp³-hybridized carbons (Fsp3) is 0.278. The summed E-state index contributed by atoms with van der Waals surface area (Å²) in [5.74, 6) is 7.47. The molecular weight excluding hydrogens is 350 g/mol. The van der Waals surface area contributed by atoms with E-state index in [9.17, 15) is 4.79 Å². The van der Waals surface area contributed by atoms with Crippen molar-refractivity contribution in [2.24, 2.45) is 0 Å². The Morgan fingerprint density at radius 3 is 2.73 bits per heavy atom. The molecular formula is C18H21N5O2S. The zero-order chi connectivity index (χ0) is 18.5. The van der Waals surface area contributed by atoms with Crippen LogP contribution in [-0.2, 0) is 4.79 Å². The summed E-state index contributed by atoms with van der Waals surface area (Å²) < 4.78 is 6.58. The third-order valence-corrected chi connectivity index (χ3v) is 5.06. The van der Waals surface area contributed by atoms with E-state index >= 15 is 0 Å². The van der Waals surface area contributed by atoms with Gasteiger partial charge in [-0.3, -0.25) is 4.79 Å². The van der Waals surface area contributed by atoms with Crippen LogP contribution in [0.25, 0.3) is 11.6 Å². The quantitative estimate of drug-likeness (QED) is 0.487. The summed E-state index contributed by atoms with van der Waals surface area (Å²) in [7, 11) is 0. The molecule has 8 heteroatoms. The highest BCUT2D eigenvalue weighted by atomic mass is 32.2. The lowest BCUT2D eigenvalue weighted by Gasteiger charge is -2.10. The lowest BCUT2D eigenvalue weighted by atomic mass is 9.99. The molecule has 0 bridgehead atoms.